The fraction of sp³-hybridized carbons (Fsp3) is 0.444. The summed E-state index contributed by atoms with van der Waals surface area (Å²) in [7, 11) is 0. The third kappa shape index (κ3) is 11.0. The van der Waals surface area contributed by atoms with Gasteiger partial charge in [-0.1, -0.05) is 102 Å². The van der Waals surface area contributed by atoms with E-state index < -0.39 is 59.1 Å². The van der Waals surface area contributed by atoms with Crippen LogP contribution in [0.1, 0.15) is 59.1 Å². The number of hydrogen-bond acceptors (Lipinski definition) is 6. The Morgan fingerprint density at radius 3 is 1.87 bits per heavy atom. The van der Waals surface area contributed by atoms with Crippen LogP contribution in [0.15, 0.2) is 79.0 Å². The molecule has 0 fully saturated rings. The van der Waals surface area contributed by atoms with Gasteiger partial charge in [0.05, 0.1) is 17.8 Å². The molecule has 0 saturated carbocycles. The molecule has 248 valence electrons. The van der Waals surface area contributed by atoms with Crippen LogP contribution in [-0.4, -0.2) is 68.5 Å². The van der Waals surface area contributed by atoms with Crippen molar-refractivity contribution in [1.29, 1.82) is 0 Å². The smallest absolute Gasteiger partial charge is 0.405 e. The van der Waals surface area contributed by atoms with E-state index in [0.717, 1.165) is 22.4 Å². The van der Waals surface area contributed by atoms with Gasteiger partial charge in [-0.3, -0.25) is 14.6 Å². The van der Waals surface area contributed by atoms with E-state index in [9.17, 15) is 29.7 Å². The Kier molecular flexibility index (Phi) is 12.4. The summed E-state index contributed by atoms with van der Waals surface area (Å²) in [6, 6.07) is 20.3. The number of aliphatic hydroxyl groups is 2. The first-order chi connectivity index (χ1) is 21.5. The second-order valence-electron chi connectivity index (χ2n) is 13.9. The van der Waals surface area contributed by atoms with Crippen molar-refractivity contribution in [3.63, 3.8) is 0 Å². The molecular weight excluding hydrogens is 584 g/mol. The SMILES string of the molecule is CC(C)(C)[C@H](O)C(=O)N[C@@H](Cc1ccccc1)[C@@H](O)C[C@H](Cc1ccc(-c2ccccn2)cc1)NC(=O)[C@@H](NC(=O)O)C(C)(C)C. The standard InChI is InChI=1S/C36H48N4O6/c1-35(2,3)30(40-34(45)46)32(43)38-26(20-24-15-17-25(18-16-24)27-14-10-11-19-37-27)22-29(41)28(21-23-12-8-7-9-13-23)39-33(44)31(42)36(4,5)6/h7-19,26,28-31,40-42H,20-22H2,1-6H3,(H,38,43)(H,39,44)(H,45,46)/t26-,28-,29-,30+,31+/m0/s1. The summed E-state index contributed by atoms with van der Waals surface area (Å²) in [5.74, 6) is -1.12. The van der Waals surface area contributed by atoms with Crippen molar-refractivity contribution in [2.75, 3.05) is 0 Å². The van der Waals surface area contributed by atoms with E-state index >= 15 is 0 Å². The first kappa shape index (κ1) is 36.2. The Balaban J connectivity index is 1.91. The van der Waals surface area contributed by atoms with Crippen molar-refractivity contribution >= 4 is 17.9 Å². The molecule has 0 radical (unpaired) electrons. The van der Waals surface area contributed by atoms with E-state index in [0.29, 0.717) is 6.42 Å². The van der Waals surface area contributed by atoms with Gasteiger partial charge in [0, 0.05) is 17.8 Å². The molecule has 46 heavy (non-hydrogen) atoms. The molecule has 3 rings (SSSR count). The number of carbonyl (C=O) groups is 3. The number of hydrogen-bond donors (Lipinski definition) is 6. The summed E-state index contributed by atoms with van der Waals surface area (Å²) in [5.41, 5.74) is 2.04. The van der Waals surface area contributed by atoms with Crippen LogP contribution < -0.4 is 16.0 Å². The molecule has 0 aliphatic rings. The van der Waals surface area contributed by atoms with Crippen molar-refractivity contribution in [1.82, 2.24) is 20.9 Å². The van der Waals surface area contributed by atoms with Crippen molar-refractivity contribution in [2.45, 2.75) is 91.1 Å². The molecule has 0 saturated heterocycles. The largest absolute Gasteiger partial charge is 0.465 e. The number of amides is 3. The van der Waals surface area contributed by atoms with Gasteiger partial charge in [-0.25, -0.2) is 4.79 Å². The lowest BCUT2D eigenvalue weighted by atomic mass is 9.85. The molecule has 5 atom stereocenters. The number of carboxylic acid groups (broad SMARTS) is 1. The van der Waals surface area contributed by atoms with E-state index in [-0.39, 0.29) is 12.8 Å². The summed E-state index contributed by atoms with van der Waals surface area (Å²) in [5, 5.41) is 39.9. The van der Waals surface area contributed by atoms with Crippen molar-refractivity contribution in [3.8, 4) is 11.3 Å². The van der Waals surface area contributed by atoms with Crippen LogP contribution in [-0.2, 0) is 22.4 Å². The second kappa shape index (κ2) is 15.8. The van der Waals surface area contributed by atoms with Gasteiger partial charge in [-0.15, -0.1) is 0 Å². The van der Waals surface area contributed by atoms with Crippen LogP contribution >= 0.6 is 0 Å². The Morgan fingerprint density at radius 2 is 1.33 bits per heavy atom. The highest BCUT2D eigenvalue weighted by molar-refractivity contribution is 5.86. The van der Waals surface area contributed by atoms with Crippen LogP contribution in [0, 0.1) is 10.8 Å². The van der Waals surface area contributed by atoms with Gasteiger partial charge in [-0.05, 0) is 53.4 Å². The fourth-order valence-electron chi connectivity index (χ4n) is 5.17. The number of aromatic nitrogens is 1. The topological polar surface area (TPSA) is 161 Å². The molecule has 0 aliphatic heterocycles. The van der Waals surface area contributed by atoms with Gasteiger partial charge in [0.2, 0.25) is 11.8 Å². The van der Waals surface area contributed by atoms with Crippen molar-refractivity contribution < 1.29 is 29.7 Å². The van der Waals surface area contributed by atoms with Crippen LogP contribution in [0.25, 0.3) is 11.3 Å². The van der Waals surface area contributed by atoms with E-state index in [2.05, 4.69) is 20.9 Å². The van der Waals surface area contributed by atoms with Crippen LogP contribution in [0.3, 0.4) is 0 Å². The zero-order valence-electron chi connectivity index (χ0n) is 27.5. The highest BCUT2D eigenvalue weighted by Gasteiger charge is 2.36. The molecule has 0 spiro atoms. The zero-order chi connectivity index (χ0) is 34.1. The number of benzene rings is 2. The Morgan fingerprint density at radius 1 is 0.717 bits per heavy atom. The predicted molar refractivity (Wildman–Crippen MR) is 178 cm³/mol. The molecule has 2 aromatic carbocycles. The Labute approximate surface area is 271 Å². The third-order valence-corrected chi connectivity index (χ3v) is 7.82. The highest BCUT2D eigenvalue weighted by atomic mass is 16.4. The molecule has 1 aromatic heterocycles. The van der Waals surface area contributed by atoms with Gasteiger partial charge in [0.25, 0.3) is 0 Å². The molecule has 10 heteroatoms. The average molecular weight is 633 g/mol. The average Bonchev–Trinajstić information content (AvgIpc) is 2.99. The lowest BCUT2D eigenvalue weighted by molar-refractivity contribution is -0.136. The summed E-state index contributed by atoms with van der Waals surface area (Å²) >= 11 is 0. The maximum atomic E-state index is 13.6. The number of rotatable bonds is 13. The monoisotopic (exact) mass is 632 g/mol. The Bertz CT molecular complexity index is 1420. The van der Waals surface area contributed by atoms with E-state index in [1.807, 2.05) is 72.8 Å². The fourth-order valence-corrected chi connectivity index (χ4v) is 5.17. The minimum atomic E-state index is -1.32. The third-order valence-electron chi connectivity index (χ3n) is 7.82. The number of nitrogens with zero attached hydrogens (tertiary/aromatic N) is 1. The molecular formula is C36H48N4O6. The molecule has 3 amide bonds. The van der Waals surface area contributed by atoms with Gasteiger partial charge in [0.1, 0.15) is 12.1 Å². The molecule has 0 bridgehead atoms. The lowest BCUT2D eigenvalue weighted by Crippen LogP contribution is -2.57. The number of nitrogens with one attached hydrogen (secondary N) is 3. The molecule has 3 aromatic rings. The van der Waals surface area contributed by atoms with Gasteiger partial charge < -0.3 is 31.3 Å². The first-order valence-electron chi connectivity index (χ1n) is 15.5. The number of aliphatic hydroxyl groups excluding tert-OH is 2. The normalized spacial score (nSPS) is 15.1. The molecule has 10 nitrogen and oxygen atoms in total. The minimum absolute atomic E-state index is 0.0427. The zero-order valence-corrected chi connectivity index (χ0v) is 27.5. The van der Waals surface area contributed by atoms with Crippen molar-refractivity contribution in [2.24, 2.45) is 10.8 Å². The maximum Gasteiger partial charge on any atom is 0.405 e. The minimum Gasteiger partial charge on any atom is -0.465 e. The molecule has 6 N–H and O–H groups in total. The number of carbonyl (C=O) groups excluding carboxylic acids is 2. The summed E-state index contributed by atoms with van der Waals surface area (Å²) < 4.78 is 0. The predicted octanol–water partition coefficient (Wildman–Crippen LogP) is 4.34. The van der Waals surface area contributed by atoms with E-state index in [1.54, 1.807) is 47.7 Å². The highest BCUT2D eigenvalue weighted by Crippen LogP contribution is 2.23. The van der Waals surface area contributed by atoms with E-state index in [1.165, 1.54) is 0 Å². The van der Waals surface area contributed by atoms with Gasteiger partial charge in [0.15, 0.2) is 0 Å². The second-order valence-corrected chi connectivity index (χ2v) is 13.9. The lowest BCUT2D eigenvalue weighted by Gasteiger charge is -2.33. The quantitative estimate of drug-likeness (QED) is 0.163. The molecule has 1 heterocycles. The summed E-state index contributed by atoms with van der Waals surface area (Å²) in [6.45, 7) is 10.5. The first-order valence-corrected chi connectivity index (χ1v) is 15.5. The summed E-state index contributed by atoms with van der Waals surface area (Å²) in [4.78, 5) is 42.6. The Hall–Kier alpha value is -4.28. The van der Waals surface area contributed by atoms with Crippen LogP contribution in [0.2, 0.25) is 0 Å². The molecule has 0 unspecified atom stereocenters. The van der Waals surface area contributed by atoms with Crippen LogP contribution in [0.4, 0.5) is 4.79 Å². The van der Waals surface area contributed by atoms with Crippen LogP contribution in [0.5, 0.6) is 0 Å². The van der Waals surface area contributed by atoms with Gasteiger partial charge in [-0.2, -0.15) is 0 Å². The summed E-state index contributed by atoms with van der Waals surface area (Å²) in [6.07, 6.45) is -1.38. The van der Waals surface area contributed by atoms with Crippen molar-refractivity contribution in [3.05, 3.63) is 90.1 Å². The number of pyridine rings is 1. The van der Waals surface area contributed by atoms with Gasteiger partial charge >= 0.3 is 6.09 Å². The molecule has 0 aliphatic carbocycles. The van der Waals surface area contributed by atoms with E-state index in [4.69, 9.17) is 0 Å². The maximum absolute atomic E-state index is 13.6.